The first-order chi connectivity index (χ1) is 11.5. The van der Waals surface area contributed by atoms with Crippen molar-refractivity contribution in [3.8, 4) is 0 Å². The van der Waals surface area contributed by atoms with Gasteiger partial charge in [-0.2, -0.15) is 0 Å². The van der Waals surface area contributed by atoms with Crippen molar-refractivity contribution >= 4 is 19.2 Å². The second-order valence-corrected chi connectivity index (χ2v) is 6.79. The first-order valence-corrected chi connectivity index (χ1v) is 9.26. The van der Waals surface area contributed by atoms with Crippen LogP contribution in [-0.4, -0.2) is 35.2 Å². The minimum atomic E-state index is -4.00. The van der Waals surface area contributed by atoms with Gasteiger partial charge in [0.15, 0.2) is 5.69 Å². The molecule has 1 atom stereocenters. The van der Waals surface area contributed by atoms with Crippen LogP contribution in [0.1, 0.15) is 42.9 Å². The van der Waals surface area contributed by atoms with Gasteiger partial charge in [-0.25, -0.2) is 14.2 Å². The highest BCUT2D eigenvalue weighted by Crippen LogP contribution is 2.61. The molecule has 0 spiro atoms. The molecule has 0 aliphatic carbocycles. The van der Waals surface area contributed by atoms with Crippen LogP contribution < -0.4 is 0 Å². The number of hydrogen-bond acceptors (Lipinski definition) is 6. The van der Waals surface area contributed by atoms with Crippen molar-refractivity contribution in [3.63, 3.8) is 0 Å². The number of carbonyl (C=O) groups is 1. The number of aromatic nitrogens is 2. The summed E-state index contributed by atoms with van der Waals surface area (Å²) in [6.07, 6.45) is 1.34. The van der Waals surface area contributed by atoms with Gasteiger partial charge < -0.3 is 13.8 Å². The zero-order valence-electron chi connectivity index (χ0n) is 13.8. The predicted octanol–water partition coefficient (Wildman–Crippen LogP) is 3.75. The molecule has 0 aromatic carbocycles. The van der Waals surface area contributed by atoms with Gasteiger partial charge in [-0.3, -0.25) is 8.97 Å². The zero-order chi connectivity index (χ0) is 17.7. The van der Waals surface area contributed by atoms with E-state index in [-0.39, 0.29) is 31.2 Å². The first-order valence-electron chi connectivity index (χ1n) is 7.64. The van der Waals surface area contributed by atoms with Crippen molar-refractivity contribution in [1.29, 1.82) is 0 Å². The molecule has 2 aromatic heterocycles. The fourth-order valence-electron chi connectivity index (χ4n) is 2.22. The molecule has 0 amide bonds. The number of hydrogen-bond donors (Lipinski definition) is 0. The summed E-state index contributed by atoms with van der Waals surface area (Å²) in [5.41, 5.74) is 0.401. The molecule has 0 N–H and O–H groups in total. The highest BCUT2D eigenvalue weighted by atomic mass is 31.2. The molecule has 2 rings (SSSR count). The van der Waals surface area contributed by atoms with Gasteiger partial charge in [0.2, 0.25) is 5.91 Å². The summed E-state index contributed by atoms with van der Waals surface area (Å²) >= 11 is 0. The third-order valence-corrected chi connectivity index (χ3v) is 5.20. The number of nitrogens with zero attached hydrogens (tertiary/aromatic N) is 2. The summed E-state index contributed by atoms with van der Waals surface area (Å²) in [7, 11) is -4.00. The minimum Gasteiger partial charge on any atom is -0.461 e. The van der Waals surface area contributed by atoms with Gasteiger partial charge >= 0.3 is 13.6 Å². The molecule has 9 heteroatoms. The number of rotatable bonds is 8. The Morgan fingerprint density at radius 2 is 1.92 bits per heavy atom. The maximum atomic E-state index is 15.0. The lowest BCUT2D eigenvalue weighted by molar-refractivity contribution is 0.0520. The van der Waals surface area contributed by atoms with Crippen LogP contribution in [0.25, 0.3) is 5.65 Å². The quantitative estimate of drug-likeness (QED) is 0.528. The average Bonchev–Trinajstić information content (AvgIpc) is 2.99. The average molecular weight is 358 g/mol. The Hall–Kier alpha value is -1.76. The van der Waals surface area contributed by atoms with Gasteiger partial charge in [-0.15, -0.1) is 0 Å². The van der Waals surface area contributed by atoms with Crippen LogP contribution in [0.5, 0.6) is 0 Å². The Morgan fingerprint density at radius 3 is 2.50 bits per heavy atom. The zero-order valence-corrected chi connectivity index (χ0v) is 14.7. The second-order valence-electron chi connectivity index (χ2n) is 4.74. The molecule has 24 heavy (non-hydrogen) atoms. The molecule has 0 fully saturated rings. The second kappa shape index (κ2) is 7.88. The van der Waals surface area contributed by atoms with Gasteiger partial charge in [0, 0.05) is 6.20 Å². The third kappa shape index (κ3) is 3.66. The Bertz CT molecular complexity index is 753. The molecule has 132 valence electrons. The summed E-state index contributed by atoms with van der Waals surface area (Å²) in [4.78, 5) is 15.9. The van der Waals surface area contributed by atoms with Crippen LogP contribution >= 0.6 is 7.60 Å². The van der Waals surface area contributed by atoms with E-state index in [9.17, 15) is 13.8 Å². The van der Waals surface area contributed by atoms with E-state index in [1.54, 1.807) is 32.9 Å². The van der Waals surface area contributed by atoms with E-state index >= 15 is 0 Å². The number of ether oxygens (including phenoxy) is 1. The lowest BCUT2D eigenvalue weighted by atomic mass is 10.3. The largest absolute Gasteiger partial charge is 0.461 e. The van der Waals surface area contributed by atoms with Crippen LogP contribution in [0.15, 0.2) is 24.4 Å². The Morgan fingerprint density at radius 1 is 1.25 bits per heavy atom. The molecule has 0 aliphatic rings. The van der Waals surface area contributed by atoms with E-state index in [0.29, 0.717) is 5.65 Å². The van der Waals surface area contributed by atoms with Crippen molar-refractivity contribution in [2.24, 2.45) is 0 Å². The van der Waals surface area contributed by atoms with Gasteiger partial charge in [-0.1, -0.05) is 6.07 Å². The van der Waals surface area contributed by atoms with E-state index in [4.69, 9.17) is 13.8 Å². The van der Waals surface area contributed by atoms with Crippen LogP contribution in [0.2, 0.25) is 0 Å². The molecule has 7 nitrogen and oxygen atoms in total. The maximum absolute atomic E-state index is 15.0. The number of alkyl halides is 1. The van der Waals surface area contributed by atoms with Crippen LogP contribution in [0.3, 0.4) is 0 Å². The number of pyridine rings is 1. The molecule has 2 aromatic rings. The number of carbonyl (C=O) groups excluding carboxylic acids is 1. The summed E-state index contributed by atoms with van der Waals surface area (Å²) in [6, 6.07) is 4.60. The lowest BCUT2D eigenvalue weighted by Crippen LogP contribution is -2.07. The van der Waals surface area contributed by atoms with Crippen molar-refractivity contribution < 1.29 is 27.5 Å². The normalized spacial score (nSPS) is 13.2. The number of esters is 1. The first kappa shape index (κ1) is 18.6. The van der Waals surface area contributed by atoms with Gasteiger partial charge in [0.1, 0.15) is 5.65 Å². The van der Waals surface area contributed by atoms with E-state index in [2.05, 4.69) is 4.98 Å². The number of imidazole rings is 1. The highest BCUT2D eigenvalue weighted by molar-refractivity contribution is 7.54. The molecule has 0 saturated heterocycles. The van der Waals surface area contributed by atoms with E-state index < -0.39 is 19.5 Å². The maximum Gasteiger partial charge on any atom is 0.370 e. The van der Waals surface area contributed by atoms with E-state index in [1.807, 2.05) is 0 Å². The van der Waals surface area contributed by atoms with Gasteiger partial charge in [0.25, 0.3) is 0 Å². The van der Waals surface area contributed by atoms with Crippen LogP contribution in [-0.2, 0) is 18.3 Å². The minimum absolute atomic E-state index is 0.0285. The summed E-state index contributed by atoms with van der Waals surface area (Å²) in [5.74, 6) is -2.62. The molecule has 2 heterocycles. The van der Waals surface area contributed by atoms with Crippen molar-refractivity contribution in [3.05, 3.63) is 35.8 Å². The monoisotopic (exact) mass is 358 g/mol. The standard InChI is InChI=1S/C15H20FN2O5P/c1-4-21-15(19)11-10-18-12(8-7-9-13(18)17-11)14(16)24(20,22-5-2)23-6-3/h7-10,14H,4-6H2,1-3H3. The smallest absolute Gasteiger partial charge is 0.370 e. The topological polar surface area (TPSA) is 79.1 Å². The summed E-state index contributed by atoms with van der Waals surface area (Å²) < 4.78 is 44.0. The van der Waals surface area contributed by atoms with Gasteiger partial charge in [-0.05, 0) is 32.9 Å². The summed E-state index contributed by atoms with van der Waals surface area (Å²) in [6.45, 7) is 5.19. The van der Waals surface area contributed by atoms with Crippen LogP contribution in [0, 0.1) is 0 Å². The number of halogens is 1. The van der Waals surface area contributed by atoms with Crippen LogP contribution in [0.4, 0.5) is 4.39 Å². The predicted molar refractivity (Wildman–Crippen MR) is 85.9 cm³/mol. The fourth-order valence-corrected chi connectivity index (χ4v) is 3.81. The number of fused-ring (bicyclic) bond motifs is 1. The highest BCUT2D eigenvalue weighted by Gasteiger charge is 2.38. The molecule has 0 saturated carbocycles. The third-order valence-electron chi connectivity index (χ3n) is 3.15. The Balaban J connectivity index is 2.47. The molecule has 0 aliphatic heterocycles. The van der Waals surface area contributed by atoms with E-state index in [0.717, 1.165) is 0 Å². The SMILES string of the molecule is CCOC(=O)c1cn2c(C(F)P(=O)(OCC)OCC)cccc2n1. The van der Waals surface area contributed by atoms with Crippen molar-refractivity contribution in [2.45, 2.75) is 26.7 Å². The Kier molecular flexibility index (Phi) is 6.10. The molecule has 0 bridgehead atoms. The Labute approximate surface area is 139 Å². The molecular formula is C15H20FN2O5P. The summed E-state index contributed by atoms with van der Waals surface area (Å²) in [5, 5.41) is 0. The van der Waals surface area contributed by atoms with Crippen molar-refractivity contribution in [1.82, 2.24) is 9.38 Å². The van der Waals surface area contributed by atoms with Gasteiger partial charge in [0.05, 0.1) is 25.5 Å². The molecule has 1 unspecified atom stereocenters. The van der Waals surface area contributed by atoms with E-state index in [1.165, 1.54) is 16.7 Å². The molecular weight excluding hydrogens is 338 g/mol. The molecule has 0 radical (unpaired) electrons. The van der Waals surface area contributed by atoms with Crippen molar-refractivity contribution in [2.75, 3.05) is 19.8 Å². The fraction of sp³-hybridized carbons (Fsp3) is 0.467. The lowest BCUT2D eigenvalue weighted by Gasteiger charge is -2.21.